The van der Waals surface area contributed by atoms with Crippen molar-refractivity contribution in [2.75, 3.05) is 39.3 Å². The second kappa shape index (κ2) is 6.91. The third kappa shape index (κ3) is 4.06. The Kier molecular flexibility index (Phi) is 4.94. The number of nitrogens with zero attached hydrogens (tertiary/aromatic N) is 2. The summed E-state index contributed by atoms with van der Waals surface area (Å²) in [5, 5.41) is 3.61. The molecule has 2 fully saturated rings. The van der Waals surface area contributed by atoms with E-state index < -0.39 is 0 Å². The maximum absolute atomic E-state index is 3.61. The van der Waals surface area contributed by atoms with Gasteiger partial charge in [0.1, 0.15) is 0 Å². The highest BCUT2D eigenvalue weighted by molar-refractivity contribution is 5.29. The van der Waals surface area contributed by atoms with Gasteiger partial charge >= 0.3 is 0 Å². The van der Waals surface area contributed by atoms with Gasteiger partial charge in [-0.15, -0.1) is 0 Å². The smallest absolute Gasteiger partial charge is 0.0234 e. The highest BCUT2D eigenvalue weighted by Crippen LogP contribution is 2.14. The van der Waals surface area contributed by atoms with Gasteiger partial charge in [0.25, 0.3) is 0 Å². The quantitative estimate of drug-likeness (QED) is 0.915. The van der Waals surface area contributed by atoms with Crippen LogP contribution in [0.5, 0.6) is 0 Å². The fraction of sp³-hybridized carbons (Fsp3) is 0.667. The molecule has 1 aromatic carbocycles. The molecule has 0 aromatic heterocycles. The fourth-order valence-electron chi connectivity index (χ4n) is 3.51. The van der Waals surface area contributed by atoms with E-state index >= 15 is 0 Å². The summed E-state index contributed by atoms with van der Waals surface area (Å²) in [6.07, 6.45) is 2.72. The van der Waals surface area contributed by atoms with Gasteiger partial charge in [-0.3, -0.25) is 9.80 Å². The average molecular weight is 287 g/mol. The first-order valence-electron chi connectivity index (χ1n) is 8.45. The topological polar surface area (TPSA) is 18.5 Å². The third-order valence-electron chi connectivity index (χ3n) is 5.08. The van der Waals surface area contributed by atoms with Crippen LogP contribution in [0.25, 0.3) is 0 Å². The summed E-state index contributed by atoms with van der Waals surface area (Å²) >= 11 is 0. The van der Waals surface area contributed by atoms with Crippen molar-refractivity contribution in [1.29, 1.82) is 0 Å². The summed E-state index contributed by atoms with van der Waals surface area (Å²) in [7, 11) is 0. The van der Waals surface area contributed by atoms with E-state index in [-0.39, 0.29) is 0 Å². The van der Waals surface area contributed by atoms with Crippen LogP contribution in [-0.4, -0.2) is 55.1 Å². The number of rotatable bonds is 4. The highest BCUT2D eigenvalue weighted by atomic mass is 15.3. The lowest BCUT2D eigenvalue weighted by molar-refractivity contribution is 0.120. The minimum Gasteiger partial charge on any atom is -0.313 e. The first-order chi connectivity index (χ1) is 10.2. The van der Waals surface area contributed by atoms with Gasteiger partial charge in [0, 0.05) is 45.3 Å². The Balaban J connectivity index is 1.45. The largest absolute Gasteiger partial charge is 0.313 e. The number of aryl methyl sites for hydroxylation is 2. The molecule has 0 amide bonds. The molecule has 1 atom stereocenters. The van der Waals surface area contributed by atoms with Crippen molar-refractivity contribution in [2.24, 2.45) is 0 Å². The Morgan fingerprint density at radius 1 is 1.05 bits per heavy atom. The zero-order chi connectivity index (χ0) is 14.7. The molecule has 21 heavy (non-hydrogen) atoms. The van der Waals surface area contributed by atoms with Crippen molar-refractivity contribution in [3.8, 4) is 0 Å². The first kappa shape index (κ1) is 15.0. The molecule has 0 spiro atoms. The summed E-state index contributed by atoms with van der Waals surface area (Å²) in [4.78, 5) is 5.24. The van der Waals surface area contributed by atoms with E-state index in [4.69, 9.17) is 0 Å². The molecule has 2 saturated heterocycles. The Labute approximate surface area is 129 Å². The Morgan fingerprint density at radius 2 is 1.81 bits per heavy atom. The molecule has 0 saturated carbocycles. The predicted molar refractivity (Wildman–Crippen MR) is 88.7 cm³/mol. The molecule has 116 valence electrons. The van der Waals surface area contributed by atoms with E-state index in [1.165, 1.54) is 68.8 Å². The van der Waals surface area contributed by atoms with Crippen LogP contribution in [0, 0.1) is 13.8 Å². The van der Waals surface area contributed by atoms with Crippen LogP contribution >= 0.6 is 0 Å². The number of nitrogens with one attached hydrogen (secondary N) is 1. The van der Waals surface area contributed by atoms with Crippen LogP contribution in [0.2, 0.25) is 0 Å². The molecular weight excluding hydrogens is 258 g/mol. The van der Waals surface area contributed by atoms with E-state index in [1.807, 2.05) is 0 Å². The molecule has 0 bridgehead atoms. The molecule has 3 rings (SSSR count). The Bertz CT molecular complexity index is 458. The highest BCUT2D eigenvalue weighted by Gasteiger charge is 2.21. The van der Waals surface area contributed by atoms with Crippen LogP contribution in [0.15, 0.2) is 18.2 Å². The molecular formula is C18H29N3. The summed E-state index contributed by atoms with van der Waals surface area (Å²) in [5.41, 5.74) is 4.27. The van der Waals surface area contributed by atoms with Gasteiger partial charge in [-0.05, 0) is 49.9 Å². The third-order valence-corrected chi connectivity index (χ3v) is 5.08. The van der Waals surface area contributed by atoms with Crippen LogP contribution in [0.1, 0.15) is 29.5 Å². The molecule has 2 aliphatic heterocycles. The van der Waals surface area contributed by atoms with Crippen molar-refractivity contribution < 1.29 is 0 Å². The Morgan fingerprint density at radius 3 is 2.48 bits per heavy atom. The molecule has 2 aliphatic rings. The molecule has 1 N–H and O–H groups in total. The van der Waals surface area contributed by atoms with Crippen molar-refractivity contribution in [1.82, 2.24) is 15.1 Å². The van der Waals surface area contributed by atoms with E-state index in [0.29, 0.717) is 0 Å². The van der Waals surface area contributed by atoms with Gasteiger partial charge in [0.2, 0.25) is 0 Å². The number of hydrogen-bond acceptors (Lipinski definition) is 3. The van der Waals surface area contributed by atoms with Crippen LogP contribution in [0.4, 0.5) is 0 Å². The molecule has 3 nitrogen and oxygen atoms in total. The lowest BCUT2D eigenvalue weighted by atomic mass is 10.1. The second-order valence-corrected chi connectivity index (χ2v) is 6.79. The molecule has 1 unspecified atom stereocenters. The van der Waals surface area contributed by atoms with Gasteiger partial charge in [-0.1, -0.05) is 18.2 Å². The molecule has 3 heteroatoms. The lowest BCUT2D eigenvalue weighted by Gasteiger charge is -2.36. The monoisotopic (exact) mass is 287 g/mol. The zero-order valence-electron chi connectivity index (χ0n) is 13.6. The SMILES string of the molecule is Cc1ccc(CN2CCN(CC3CCCN3)CC2)cc1C. The molecule has 2 heterocycles. The van der Waals surface area contributed by atoms with Crippen molar-refractivity contribution in [3.63, 3.8) is 0 Å². The standard InChI is InChI=1S/C18H29N3/c1-15-5-6-17(12-16(15)2)13-20-8-10-21(11-9-20)14-18-4-3-7-19-18/h5-6,12,18-19H,3-4,7-11,13-14H2,1-2H3. The minimum atomic E-state index is 0.747. The van der Waals surface area contributed by atoms with Gasteiger partial charge in [0.15, 0.2) is 0 Å². The van der Waals surface area contributed by atoms with Gasteiger partial charge in [0.05, 0.1) is 0 Å². The van der Waals surface area contributed by atoms with Crippen molar-refractivity contribution in [3.05, 3.63) is 34.9 Å². The number of piperazine rings is 1. The van der Waals surface area contributed by atoms with E-state index in [2.05, 4.69) is 47.2 Å². The molecule has 0 aliphatic carbocycles. The zero-order valence-corrected chi connectivity index (χ0v) is 13.6. The van der Waals surface area contributed by atoms with Crippen LogP contribution in [-0.2, 0) is 6.54 Å². The summed E-state index contributed by atoms with van der Waals surface area (Å²) in [5.74, 6) is 0. The predicted octanol–water partition coefficient (Wildman–Crippen LogP) is 2.17. The van der Waals surface area contributed by atoms with Crippen LogP contribution in [0.3, 0.4) is 0 Å². The Hall–Kier alpha value is -0.900. The van der Waals surface area contributed by atoms with Crippen molar-refractivity contribution in [2.45, 2.75) is 39.3 Å². The number of benzene rings is 1. The van der Waals surface area contributed by atoms with E-state index in [0.717, 1.165) is 12.6 Å². The van der Waals surface area contributed by atoms with E-state index in [1.54, 1.807) is 0 Å². The molecule has 1 aromatic rings. The maximum atomic E-state index is 3.61. The normalized spacial score (nSPS) is 24.6. The first-order valence-corrected chi connectivity index (χ1v) is 8.45. The van der Waals surface area contributed by atoms with Gasteiger partial charge < -0.3 is 5.32 Å². The summed E-state index contributed by atoms with van der Waals surface area (Å²) in [6, 6.07) is 7.64. The number of hydrogen-bond donors (Lipinski definition) is 1. The average Bonchev–Trinajstić information content (AvgIpc) is 2.98. The summed E-state index contributed by atoms with van der Waals surface area (Å²) in [6.45, 7) is 12.8. The fourth-order valence-corrected chi connectivity index (χ4v) is 3.51. The van der Waals surface area contributed by atoms with Crippen molar-refractivity contribution >= 4 is 0 Å². The minimum absolute atomic E-state index is 0.747. The summed E-state index contributed by atoms with van der Waals surface area (Å²) < 4.78 is 0. The lowest BCUT2D eigenvalue weighted by Crippen LogP contribution is -2.49. The van der Waals surface area contributed by atoms with Crippen LogP contribution < -0.4 is 5.32 Å². The molecule has 0 radical (unpaired) electrons. The van der Waals surface area contributed by atoms with Gasteiger partial charge in [-0.2, -0.15) is 0 Å². The maximum Gasteiger partial charge on any atom is 0.0234 e. The van der Waals surface area contributed by atoms with E-state index in [9.17, 15) is 0 Å². The van der Waals surface area contributed by atoms with Gasteiger partial charge in [-0.25, -0.2) is 0 Å². The second-order valence-electron chi connectivity index (χ2n) is 6.79.